The van der Waals surface area contributed by atoms with Crippen molar-refractivity contribution in [2.75, 3.05) is 0 Å². The van der Waals surface area contributed by atoms with Gasteiger partial charge in [-0.2, -0.15) is 0 Å². The number of hydrogen-bond donors (Lipinski definition) is 1. The van der Waals surface area contributed by atoms with Gasteiger partial charge in [-0.15, -0.1) is 0 Å². The normalized spacial score (nSPS) is 10.4. The minimum absolute atomic E-state index is 0.0862. The summed E-state index contributed by atoms with van der Waals surface area (Å²) in [6.07, 6.45) is 0.993. The molecule has 0 aliphatic carbocycles. The molecular formula is C12H8Cl2FNO2. The molecule has 6 heteroatoms. The molecule has 2 aromatic rings. The minimum atomic E-state index is -0.552. The van der Waals surface area contributed by atoms with E-state index in [1.54, 1.807) is 12.1 Å². The van der Waals surface area contributed by atoms with Crippen LogP contribution in [0.2, 0.25) is 10.0 Å². The summed E-state index contributed by atoms with van der Waals surface area (Å²) in [6.45, 7) is -0.391. The highest BCUT2D eigenvalue weighted by atomic mass is 35.5. The number of halogens is 3. The maximum Gasteiger partial charge on any atom is 0.225 e. The lowest BCUT2D eigenvalue weighted by Gasteiger charge is -2.10. The molecular weight excluding hydrogens is 280 g/mol. The first-order valence-corrected chi connectivity index (χ1v) is 5.74. The molecule has 0 spiro atoms. The number of aliphatic hydroxyl groups is 1. The maximum absolute atomic E-state index is 12.9. The summed E-state index contributed by atoms with van der Waals surface area (Å²) in [4.78, 5) is 3.76. The van der Waals surface area contributed by atoms with Gasteiger partial charge in [-0.3, -0.25) is 0 Å². The topological polar surface area (TPSA) is 42.4 Å². The molecule has 0 saturated carbocycles. The maximum atomic E-state index is 12.9. The highest BCUT2D eigenvalue weighted by Gasteiger charge is 2.10. The van der Waals surface area contributed by atoms with Crippen molar-refractivity contribution in [3.8, 4) is 11.6 Å². The van der Waals surface area contributed by atoms with Gasteiger partial charge in [-0.05, 0) is 18.2 Å². The molecule has 94 valence electrons. The van der Waals surface area contributed by atoms with Crippen LogP contribution in [-0.2, 0) is 6.61 Å². The van der Waals surface area contributed by atoms with Gasteiger partial charge in [0, 0.05) is 16.7 Å². The molecule has 0 unspecified atom stereocenters. The van der Waals surface area contributed by atoms with Crippen LogP contribution in [0.5, 0.6) is 11.6 Å². The third kappa shape index (κ3) is 2.90. The van der Waals surface area contributed by atoms with Crippen molar-refractivity contribution in [2.24, 2.45) is 0 Å². The van der Waals surface area contributed by atoms with Crippen LogP contribution in [0.3, 0.4) is 0 Å². The quantitative estimate of drug-likeness (QED) is 0.933. The number of ether oxygens (including phenoxy) is 1. The molecule has 1 N–H and O–H groups in total. The van der Waals surface area contributed by atoms with Gasteiger partial charge >= 0.3 is 0 Å². The first-order valence-electron chi connectivity index (χ1n) is 4.98. The van der Waals surface area contributed by atoms with Crippen LogP contribution in [0.1, 0.15) is 5.56 Å². The van der Waals surface area contributed by atoms with Gasteiger partial charge < -0.3 is 9.84 Å². The average molecular weight is 288 g/mol. The second kappa shape index (κ2) is 5.52. The summed E-state index contributed by atoms with van der Waals surface area (Å²) in [7, 11) is 0. The minimum Gasteiger partial charge on any atom is -0.437 e. The Labute approximate surface area is 113 Å². The smallest absolute Gasteiger partial charge is 0.225 e. The molecule has 0 aliphatic heterocycles. The Kier molecular flexibility index (Phi) is 4.01. The van der Waals surface area contributed by atoms with Gasteiger partial charge in [-0.25, -0.2) is 9.37 Å². The lowest BCUT2D eigenvalue weighted by molar-refractivity contribution is 0.274. The van der Waals surface area contributed by atoms with Crippen LogP contribution in [0.25, 0.3) is 0 Å². The van der Waals surface area contributed by atoms with E-state index in [0.717, 1.165) is 12.3 Å². The average Bonchev–Trinajstić information content (AvgIpc) is 2.36. The number of hydrogen-bond acceptors (Lipinski definition) is 3. The van der Waals surface area contributed by atoms with Crippen molar-refractivity contribution < 1.29 is 14.2 Å². The van der Waals surface area contributed by atoms with E-state index < -0.39 is 12.4 Å². The summed E-state index contributed by atoms with van der Waals surface area (Å²) in [5.41, 5.74) is 0.228. The van der Waals surface area contributed by atoms with Crippen LogP contribution in [0, 0.1) is 5.82 Å². The first-order chi connectivity index (χ1) is 8.60. The lowest BCUT2D eigenvalue weighted by atomic mass is 10.3. The Bertz CT molecular complexity index is 578. The van der Waals surface area contributed by atoms with Gasteiger partial charge in [0.15, 0.2) is 0 Å². The number of benzene rings is 1. The number of aliphatic hydroxyl groups excluding tert-OH is 1. The number of nitrogens with zero attached hydrogens (tertiary/aromatic N) is 1. The number of rotatable bonds is 3. The zero-order valence-corrected chi connectivity index (χ0v) is 10.5. The molecule has 2 rings (SSSR count). The molecule has 0 saturated heterocycles. The predicted octanol–water partition coefficient (Wildman–Crippen LogP) is 3.81. The van der Waals surface area contributed by atoms with Gasteiger partial charge in [0.05, 0.1) is 17.8 Å². The summed E-state index contributed by atoms with van der Waals surface area (Å²) in [5, 5.41) is 9.89. The molecule has 0 aliphatic rings. The van der Waals surface area contributed by atoms with Crippen LogP contribution in [0.4, 0.5) is 4.39 Å². The molecule has 18 heavy (non-hydrogen) atoms. The zero-order chi connectivity index (χ0) is 13.1. The van der Waals surface area contributed by atoms with Crippen molar-refractivity contribution in [2.45, 2.75) is 6.61 Å². The monoisotopic (exact) mass is 287 g/mol. The Morgan fingerprint density at radius 3 is 2.78 bits per heavy atom. The zero-order valence-electron chi connectivity index (χ0n) is 9.03. The second-order valence-electron chi connectivity index (χ2n) is 3.45. The van der Waals surface area contributed by atoms with Crippen molar-refractivity contribution in [3.63, 3.8) is 0 Å². The van der Waals surface area contributed by atoms with Crippen LogP contribution in [0.15, 0.2) is 30.5 Å². The fourth-order valence-electron chi connectivity index (χ4n) is 1.33. The molecule has 0 fully saturated rings. The fourth-order valence-corrected chi connectivity index (χ4v) is 1.65. The van der Waals surface area contributed by atoms with Gasteiger partial charge in [-0.1, -0.05) is 23.2 Å². The molecule has 0 bridgehead atoms. The first kappa shape index (κ1) is 13.1. The van der Waals surface area contributed by atoms with Crippen LogP contribution >= 0.6 is 23.2 Å². The van der Waals surface area contributed by atoms with Crippen molar-refractivity contribution in [1.29, 1.82) is 0 Å². The third-order valence-electron chi connectivity index (χ3n) is 2.16. The Hall–Kier alpha value is -1.36. The van der Waals surface area contributed by atoms with Gasteiger partial charge in [0.25, 0.3) is 0 Å². The summed E-state index contributed by atoms with van der Waals surface area (Å²) in [6, 6.07) is 5.83. The standard InChI is InChI=1S/C12H8Cl2FNO2/c13-8-1-2-10(14)11(4-8)18-12-7(6-17)3-9(15)5-16-12/h1-5,17H,6H2. The fraction of sp³-hybridized carbons (Fsp3) is 0.0833. The van der Waals surface area contributed by atoms with Gasteiger partial charge in [0.2, 0.25) is 5.88 Å². The van der Waals surface area contributed by atoms with E-state index in [1.165, 1.54) is 6.07 Å². The van der Waals surface area contributed by atoms with Crippen molar-refractivity contribution >= 4 is 23.2 Å². The Morgan fingerprint density at radius 2 is 2.06 bits per heavy atom. The Balaban J connectivity index is 2.36. The predicted molar refractivity (Wildman–Crippen MR) is 66.7 cm³/mol. The largest absolute Gasteiger partial charge is 0.437 e. The molecule has 0 atom stereocenters. The van der Waals surface area contributed by atoms with E-state index in [4.69, 9.17) is 33.0 Å². The number of pyridine rings is 1. The molecule has 0 amide bonds. The molecule has 3 nitrogen and oxygen atoms in total. The van der Waals surface area contributed by atoms with E-state index in [-0.39, 0.29) is 17.2 Å². The highest BCUT2D eigenvalue weighted by Crippen LogP contribution is 2.32. The van der Waals surface area contributed by atoms with Crippen molar-refractivity contribution in [1.82, 2.24) is 4.98 Å². The molecule has 1 aromatic heterocycles. The number of aromatic nitrogens is 1. The molecule has 1 aromatic carbocycles. The van der Waals surface area contributed by atoms with Crippen LogP contribution < -0.4 is 4.74 Å². The SMILES string of the molecule is OCc1cc(F)cnc1Oc1cc(Cl)ccc1Cl. The van der Waals surface area contributed by atoms with E-state index >= 15 is 0 Å². The van der Waals surface area contributed by atoms with E-state index in [0.29, 0.717) is 10.0 Å². The summed E-state index contributed by atoms with van der Waals surface area (Å²) < 4.78 is 18.4. The Morgan fingerprint density at radius 1 is 1.28 bits per heavy atom. The van der Waals surface area contributed by atoms with E-state index in [1.807, 2.05) is 0 Å². The molecule has 0 radical (unpaired) electrons. The van der Waals surface area contributed by atoms with E-state index in [2.05, 4.69) is 4.98 Å². The third-order valence-corrected chi connectivity index (χ3v) is 2.71. The lowest BCUT2D eigenvalue weighted by Crippen LogP contribution is -1.96. The highest BCUT2D eigenvalue weighted by molar-refractivity contribution is 6.34. The van der Waals surface area contributed by atoms with Gasteiger partial charge in [0.1, 0.15) is 11.6 Å². The second-order valence-corrected chi connectivity index (χ2v) is 4.30. The van der Waals surface area contributed by atoms with Crippen LogP contribution in [-0.4, -0.2) is 10.1 Å². The van der Waals surface area contributed by atoms with Crippen molar-refractivity contribution in [3.05, 3.63) is 51.9 Å². The summed E-state index contributed by atoms with van der Waals surface area (Å²) in [5.74, 6) is -0.176. The summed E-state index contributed by atoms with van der Waals surface area (Å²) >= 11 is 11.7. The molecule has 1 heterocycles. The van der Waals surface area contributed by atoms with E-state index in [9.17, 15) is 4.39 Å².